The number of hydrogen-bond donors (Lipinski definition) is 1. The van der Waals surface area contributed by atoms with E-state index in [4.69, 9.17) is 16.3 Å². The van der Waals surface area contributed by atoms with Crippen molar-refractivity contribution >= 4 is 11.9 Å². The number of aliphatic carboxylic acids is 1. The summed E-state index contributed by atoms with van der Waals surface area (Å²) < 4.78 is 5.14. The van der Waals surface area contributed by atoms with E-state index in [1.54, 1.807) is 0 Å². The lowest BCUT2D eigenvalue weighted by Gasteiger charge is -2.17. The number of terminal acetylenes is 1. The molecule has 0 radical (unpaired) electrons. The minimum Gasteiger partial charge on any atom is -0.480 e. The summed E-state index contributed by atoms with van der Waals surface area (Å²) in [6.07, 6.45) is 6.10. The summed E-state index contributed by atoms with van der Waals surface area (Å²) in [5, 5.41) is 8.58. The first-order chi connectivity index (χ1) is 7.61. The van der Waals surface area contributed by atoms with Gasteiger partial charge in [0.1, 0.15) is 6.54 Å². The SMILES string of the molecule is C#CCN(CC(=O)O)C(=O)CCOCCC. The van der Waals surface area contributed by atoms with Gasteiger partial charge < -0.3 is 14.7 Å². The van der Waals surface area contributed by atoms with Crippen LogP contribution < -0.4 is 0 Å². The molecule has 0 aromatic heterocycles. The molecule has 90 valence electrons. The summed E-state index contributed by atoms with van der Waals surface area (Å²) >= 11 is 0. The van der Waals surface area contributed by atoms with Gasteiger partial charge >= 0.3 is 5.97 Å². The lowest BCUT2D eigenvalue weighted by Crippen LogP contribution is -2.36. The maximum absolute atomic E-state index is 11.5. The number of carboxylic acids is 1. The molecule has 1 N–H and O–H groups in total. The topological polar surface area (TPSA) is 66.8 Å². The molecule has 0 aliphatic carbocycles. The largest absolute Gasteiger partial charge is 0.480 e. The molecule has 0 bridgehead atoms. The van der Waals surface area contributed by atoms with Crippen LogP contribution in [0.15, 0.2) is 0 Å². The van der Waals surface area contributed by atoms with E-state index in [2.05, 4.69) is 5.92 Å². The second kappa shape index (κ2) is 8.74. The van der Waals surface area contributed by atoms with E-state index < -0.39 is 5.97 Å². The second-order valence-electron chi connectivity index (χ2n) is 3.21. The summed E-state index contributed by atoms with van der Waals surface area (Å²) in [6, 6.07) is 0. The third-order valence-corrected chi connectivity index (χ3v) is 1.77. The molecule has 0 aromatic rings. The first kappa shape index (κ1) is 14.5. The molecular formula is C11H17NO4. The van der Waals surface area contributed by atoms with Gasteiger partial charge in [-0.3, -0.25) is 9.59 Å². The second-order valence-corrected chi connectivity index (χ2v) is 3.21. The zero-order valence-electron chi connectivity index (χ0n) is 9.44. The van der Waals surface area contributed by atoms with Gasteiger partial charge in [0.25, 0.3) is 0 Å². The highest BCUT2D eigenvalue weighted by molar-refractivity contribution is 5.81. The van der Waals surface area contributed by atoms with E-state index in [9.17, 15) is 9.59 Å². The Morgan fingerprint density at radius 2 is 2.12 bits per heavy atom. The van der Waals surface area contributed by atoms with E-state index in [1.807, 2.05) is 6.92 Å². The van der Waals surface area contributed by atoms with Crippen LogP contribution in [0.2, 0.25) is 0 Å². The van der Waals surface area contributed by atoms with Crippen molar-refractivity contribution in [1.29, 1.82) is 0 Å². The van der Waals surface area contributed by atoms with Gasteiger partial charge in [0.15, 0.2) is 0 Å². The molecular weight excluding hydrogens is 210 g/mol. The molecule has 0 aliphatic heterocycles. The molecule has 0 aliphatic rings. The van der Waals surface area contributed by atoms with Crippen LogP contribution in [0.4, 0.5) is 0 Å². The fraction of sp³-hybridized carbons (Fsp3) is 0.636. The number of carbonyl (C=O) groups is 2. The number of carboxylic acid groups (broad SMARTS) is 1. The van der Waals surface area contributed by atoms with Crippen molar-refractivity contribution < 1.29 is 19.4 Å². The first-order valence-corrected chi connectivity index (χ1v) is 5.12. The Morgan fingerprint density at radius 3 is 2.62 bits per heavy atom. The van der Waals surface area contributed by atoms with Gasteiger partial charge in [-0.15, -0.1) is 6.42 Å². The molecule has 0 aromatic carbocycles. The summed E-state index contributed by atoms with van der Waals surface area (Å²) in [5.74, 6) is 0.890. The molecule has 0 heterocycles. The summed E-state index contributed by atoms with van der Waals surface area (Å²) in [6.45, 7) is 2.52. The van der Waals surface area contributed by atoms with Crippen LogP contribution in [0.5, 0.6) is 0 Å². The van der Waals surface area contributed by atoms with Crippen LogP contribution in [-0.2, 0) is 14.3 Å². The molecule has 0 atom stereocenters. The van der Waals surface area contributed by atoms with Gasteiger partial charge in [0, 0.05) is 6.61 Å². The number of amides is 1. The Hall–Kier alpha value is -1.54. The van der Waals surface area contributed by atoms with E-state index in [0.717, 1.165) is 11.3 Å². The highest BCUT2D eigenvalue weighted by atomic mass is 16.5. The number of ether oxygens (including phenoxy) is 1. The Bertz CT molecular complexity index is 270. The third-order valence-electron chi connectivity index (χ3n) is 1.77. The summed E-state index contributed by atoms with van der Waals surface area (Å²) in [7, 11) is 0. The fourth-order valence-corrected chi connectivity index (χ4v) is 1.07. The van der Waals surface area contributed by atoms with Gasteiger partial charge in [-0.2, -0.15) is 0 Å². The van der Waals surface area contributed by atoms with Crippen molar-refractivity contribution in [2.45, 2.75) is 19.8 Å². The van der Waals surface area contributed by atoms with Crippen LogP contribution >= 0.6 is 0 Å². The summed E-state index contributed by atoms with van der Waals surface area (Å²) in [5.41, 5.74) is 0. The van der Waals surface area contributed by atoms with Gasteiger partial charge in [0.05, 0.1) is 19.6 Å². The minimum atomic E-state index is -1.07. The van der Waals surface area contributed by atoms with Gasteiger partial charge in [-0.25, -0.2) is 0 Å². The molecule has 0 unspecified atom stereocenters. The van der Waals surface area contributed by atoms with Crippen molar-refractivity contribution in [2.75, 3.05) is 26.3 Å². The molecule has 0 rings (SSSR count). The number of hydrogen-bond acceptors (Lipinski definition) is 3. The molecule has 5 heteroatoms. The maximum Gasteiger partial charge on any atom is 0.323 e. The van der Waals surface area contributed by atoms with Crippen molar-refractivity contribution in [3.8, 4) is 12.3 Å². The van der Waals surface area contributed by atoms with Crippen LogP contribution in [0.3, 0.4) is 0 Å². The smallest absolute Gasteiger partial charge is 0.323 e. The van der Waals surface area contributed by atoms with Crippen molar-refractivity contribution in [3.05, 3.63) is 0 Å². The lowest BCUT2D eigenvalue weighted by atomic mass is 10.3. The monoisotopic (exact) mass is 227 g/mol. The third kappa shape index (κ3) is 6.85. The highest BCUT2D eigenvalue weighted by Crippen LogP contribution is 1.95. The predicted molar refractivity (Wildman–Crippen MR) is 58.8 cm³/mol. The van der Waals surface area contributed by atoms with Crippen molar-refractivity contribution in [2.24, 2.45) is 0 Å². The lowest BCUT2D eigenvalue weighted by molar-refractivity contribution is -0.144. The molecule has 5 nitrogen and oxygen atoms in total. The van der Waals surface area contributed by atoms with Gasteiger partial charge in [-0.05, 0) is 6.42 Å². The Morgan fingerprint density at radius 1 is 1.44 bits per heavy atom. The Balaban J connectivity index is 3.97. The number of nitrogens with zero attached hydrogens (tertiary/aromatic N) is 1. The quantitative estimate of drug-likeness (QED) is 0.480. The number of rotatable bonds is 8. The van der Waals surface area contributed by atoms with Gasteiger partial charge in [0.2, 0.25) is 5.91 Å². The molecule has 16 heavy (non-hydrogen) atoms. The predicted octanol–water partition coefficient (Wildman–Crippen LogP) is 0.349. The van der Waals surface area contributed by atoms with E-state index >= 15 is 0 Å². The highest BCUT2D eigenvalue weighted by Gasteiger charge is 2.15. The van der Waals surface area contributed by atoms with Crippen LogP contribution in [-0.4, -0.2) is 48.2 Å². The van der Waals surface area contributed by atoms with Crippen LogP contribution in [0, 0.1) is 12.3 Å². The van der Waals surface area contributed by atoms with Crippen LogP contribution in [0.1, 0.15) is 19.8 Å². The molecule has 0 spiro atoms. The standard InChI is InChI=1S/C11H17NO4/c1-3-6-12(9-11(14)15)10(13)5-8-16-7-4-2/h1H,4-9H2,2H3,(H,14,15). The Kier molecular flexibility index (Phi) is 7.90. The van der Waals surface area contributed by atoms with E-state index in [0.29, 0.717) is 13.2 Å². The summed E-state index contributed by atoms with van der Waals surface area (Å²) in [4.78, 5) is 23.1. The Labute approximate surface area is 95.4 Å². The molecule has 1 amide bonds. The zero-order valence-corrected chi connectivity index (χ0v) is 9.44. The molecule has 0 saturated carbocycles. The average molecular weight is 227 g/mol. The van der Waals surface area contributed by atoms with Crippen molar-refractivity contribution in [3.63, 3.8) is 0 Å². The maximum atomic E-state index is 11.5. The van der Waals surface area contributed by atoms with E-state index in [-0.39, 0.29) is 25.4 Å². The fourth-order valence-electron chi connectivity index (χ4n) is 1.07. The van der Waals surface area contributed by atoms with E-state index in [1.165, 1.54) is 0 Å². The van der Waals surface area contributed by atoms with Crippen molar-refractivity contribution in [1.82, 2.24) is 4.90 Å². The normalized spacial score (nSPS) is 9.50. The zero-order chi connectivity index (χ0) is 12.4. The van der Waals surface area contributed by atoms with Gasteiger partial charge in [-0.1, -0.05) is 12.8 Å². The number of carbonyl (C=O) groups excluding carboxylic acids is 1. The molecule has 0 saturated heterocycles. The minimum absolute atomic E-state index is 0.0128. The first-order valence-electron chi connectivity index (χ1n) is 5.12. The van der Waals surface area contributed by atoms with Crippen LogP contribution in [0.25, 0.3) is 0 Å². The average Bonchev–Trinajstić information content (AvgIpc) is 2.23. The molecule has 0 fully saturated rings.